The molecule has 1 aromatic carbocycles. The standard InChI is InChI=1S/C19H29ClN4O2Si/c1-27(2,3)7-6-26-13-24-11-17(23-19(24)21)14-8-15(10-16(20)9-14)18-12-25-5-4-22-18/h8-11,18,22H,4-7,12-13H2,1-3H3,(H2,21,23). The number of hydrogen-bond acceptors (Lipinski definition) is 5. The fraction of sp³-hybridized carbons (Fsp3) is 0.526. The van der Waals surface area contributed by atoms with Crippen molar-refractivity contribution in [1.29, 1.82) is 0 Å². The lowest BCUT2D eigenvalue weighted by Gasteiger charge is -2.24. The Labute approximate surface area is 167 Å². The molecular weight excluding hydrogens is 380 g/mol. The average molecular weight is 409 g/mol. The van der Waals surface area contributed by atoms with Crippen molar-refractivity contribution in [2.24, 2.45) is 0 Å². The van der Waals surface area contributed by atoms with Crippen molar-refractivity contribution in [3.05, 3.63) is 35.0 Å². The van der Waals surface area contributed by atoms with Gasteiger partial charge in [0.1, 0.15) is 6.73 Å². The lowest BCUT2D eigenvalue weighted by atomic mass is 10.0. The molecule has 6 nitrogen and oxygen atoms in total. The molecule has 0 amide bonds. The zero-order chi connectivity index (χ0) is 19.4. The van der Waals surface area contributed by atoms with Gasteiger partial charge in [-0.1, -0.05) is 31.2 Å². The van der Waals surface area contributed by atoms with E-state index in [4.69, 9.17) is 26.8 Å². The first-order valence-corrected chi connectivity index (χ1v) is 13.4. The molecule has 1 unspecified atom stereocenters. The van der Waals surface area contributed by atoms with Gasteiger partial charge < -0.3 is 20.5 Å². The third kappa shape index (κ3) is 5.79. The Balaban J connectivity index is 1.72. The van der Waals surface area contributed by atoms with Crippen LogP contribution in [0.5, 0.6) is 0 Å². The van der Waals surface area contributed by atoms with Crippen molar-refractivity contribution in [2.75, 3.05) is 32.1 Å². The summed E-state index contributed by atoms with van der Waals surface area (Å²) >= 11 is 6.36. The second kappa shape index (κ2) is 8.75. The average Bonchev–Trinajstić information content (AvgIpc) is 2.99. The van der Waals surface area contributed by atoms with Crippen molar-refractivity contribution in [1.82, 2.24) is 14.9 Å². The van der Waals surface area contributed by atoms with Crippen molar-refractivity contribution < 1.29 is 9.47 Å². The molecule has 8 heteroatoms. The highest BCUT2D eigenvalue weighted by atomic mass is 35.5. The SMILES string of the molecule is C[Si](C)(C)CCOCn1cc(-c2cc(Cl)cc(C3COCCN3)c2)nc1N. The summed E-state index contributed by atoms with van der Waals surface area (Å²) in [5, 5.41) is 4.13. The van der Waals surface area contributed by atoms with Crippen LogP contribution in [0.25, 0.3) is 11.3 Å². The number of hydrogen-bond donors (Lipinski definition) is 2. The van der Waals surface area contributed by atoms with Crippen molar-refractivity contribution in [3.8, 4) is 11.3 Å². The molecule has 1 atom stereocenters. The maximum atomic E-state index is 6.36. The van der Waals surface area contributed by atoms with E-state index in [9.17, 15) is 0 Å². The van der Waals surface area contributed by atoms with Gasteiger partial charge in [-0.25, -0.2) is 4.98 Å². The Bertz CT molecular complexity index is 770. The summed E-state index contributed by atoms with van der Waals surface area (Å²) in [6.45, 7) is 10.4. The first kappa shape index (κ1) is 20.4. The maximum absolute atomic E-state index is 6.36. The van der Waals surface area contributed by atoms with E-state index in [0.717, 1.165) is 42.6 Å². The number of morpholine rings is 1. The molecule has 2 heterocycles. The predicted octanol–water partition coefficient (Wildman–Crippen LogP) is 3.76. The van der Waals surface area contributed by atoms with Crippen LogP contribution in [-0.4, -0.2) is 44.0 Å². The first-order chi connectivity index (χ1) is 12.8. The van der Waals surface area contributed by atoms with E-state index in [-0.39, 0.29) is 6.04 Å². The van der Waals surface area contributed by atoms with Crippen molar-refractivity contribution in [2.45, 2.75) is 38.5 Å². The summed E-state index contributed by atoms with van der Waals surface area (Å²) < 4.78 is 13.2. The molecule has 0 saturated carbocycles. The van der Waals surface area contributed by atoms with E-state index in [1.54, 1.807) is 0 Å². The number of anilines is 1. The van der Waals surface area contributed by atoms with Crippen molar-refractivity contribution in [3.63, 3.8) is 0 Å². The normalized spacial score (nSPS) is 18.0. The highest BCUT2D eigenvalue weighted by Crippen LogP contribution is 2.28. The number of benzene rings is 1. The minimum atomic E-state index is -1.10. The van der Waals surface area contributed by atoms with Gasteiger partial charge in [-0.05, 0) is 29.8 Å². The summed E-state index contributed by atoms with van der Waals surface area (Å²) in [7, 11) is -1.10. The van der Waals surface area contributed by atoms with Crippen LogP contribution in [0.1, 0.15) is 11.6 Å². The van der Waals surface area contributed by atoms with Gasteiger partial charge in [0.25, 0.3) is 0 Å². The summed E-state index contributed by atoms with van der Waals surface area (Å²) in [6, 6.07) is 7.24. The molecule has 27 heavy (non-hydrogen) atoms. The van der Waals surface area contributed by atoms with Crippen LogP contribution in [0, 0.1) is 0 Å². The number of imidazole rings is 1. The first-order valence-electron chi connectivity index (χ1n) is 9.34. The lowest BCUT2D eigenvalue weighted by molar-refractivity contribution is 0.0769. The van der Waals surface area contributed by atoms with E-state index in [0.29, 0.717) is 24.3 Å². The van der Waals surface area contributed by atoms with E-state index in [1.165, 1.54) is 0 Å². The number of nitrogen functional groups attached to an aromatic ring is 1. The minimum Gasteiger partial charge on any atom is -0.378 e. The van der Waals surface area contributed by atoms with Crippen LogP contribution in [0.4, 0.5) is 5.95 Å². The molecule has 0 spiro atoms. The van der Waals surface area contributed by atoms with Crippen LogP contribution >= 0.6 is 11.6 Å². The number of rotatable bonds is 7. The molecule has 1 aliphatic rings. The third-order valence-corrected chi connectivity index (χ3v) is 6.50. The molecule has 0 radical (unpaired) electrons. The molecule has 1 saturated heterocycles. The van der Waals surface area contributed by atoms with Gasteiger partial charge in [0.05, 0.1) is 24.9 Å². The molecule has 2 aromatic rings. The smallest absolute Gasteiger partial charge is 0.202 e. The predicted molar refractivity (Wildman–Crippen MR) is 113 cm³/mol. The van der Waals surface area contributed by atoms with E-state index >= 15 is 0 Å². The zero-order valence-corrected chi connectivity index (χ0v) is 18.1. The minimum absolute atomic E-state index is 0.139. The largest absolute Gasteiger partial charge is 0.378 e. The van der Waals surface area contributed by atoms with E-state index in [1.807, 2.05) is 22.9 Å². The Hall–Kier alpha value is -1.38. The fourth-order valence-corrected chi connectivity index (χ4v) is 3.96. The van der Waals surface area contributed by atoms with E-state index < -0.39 is 8.07 Å². The Morgan fingerprint density at radius 3 is 2.89 bits per heavy atom. The zero-order valence-electron chi connectivity index (χ0n) is 16.3. The monoisotopic (exact) mass is 408 g/mol. The van der Waals surface area contributed by atoms with Crippen LogP contribution in [0.2, 0.25) is 30.7 Å². The maximum Gasteiger partial charge on any atom is 0.202 e. The summed E-state index contributed by atoms with van der Waals surface area (Å²) in [5.74, 6) is 0.443. The molecule has 0 aliphatic carbocycles. The van der Waals surface area contributed by atoms with Gasteiger partial charge in [-0.3, -0.25) is 4.57 Å². The van der Waals surface area contributed by atoms with Crippen molar-refractivity contribution >= 4 is 25.6 Å². The molecule has 3 N–H and O–H groups in total. The number of nitrogens with zero attached hydrogens (tertiary/aromatic N) is 2. The van der Waals surface area contributed by atoms with Gasteiger partial charge in [0.2, 0.25) is 5.95 Å². The molecule has 3 rings (SSSR count). The molecule has 1 aromatic heterocycles. The number of nitrogens with two attached hydrogens (primary N) is 1. The quantitative estimate of drug-likeness (QED) is 0.539. The molecular formula is C19H29ClN4O2Si. The van der Waals surface area contributed by atoms with Crippen LogP contribution < -0.4 is 11.1 Å². The molecule has 0 bridgehead atoms. The van der Waals surface area contributed by atoms with Gasteiger partial charge in [-0.15, -0.1) is 0 Å². The Kier molecular flexibility index (Phi) is 6.59. The summed E-state index contributed by atoms with van der Waals surface area (Å²) in [5.41, 5.74) is 8.91. The summed E-state index contributed by atoms with van der Waals surface area (Å²) in [4.78, 5) is 4.49. The molecule has 1 aliphatic heterocycles. The second-order valence-electron chi connectivity index (χ2n) is 8.16. The highest BCUT2D eigenvalue weighted by Gasteiger charge is 2.18. The fourth-order valence-electron chi connectivity index (χ4n) is 2.95. The van der Waals surface area contributed by atoms with Crippen LogP contribution in [0.15, 0.2) is 24.4 Å². The van der Waals surface area contributed by atoms with Crippen LogP contribution in [-0.2, 0) is 16.2 Å². The van der Waals surface area contributed by atoms with E-state index in [2.05, 4.69) is 36.0 Å². The summed E-state index contributed by atoms with van der Waals surface area (Å²) in [6.07, 6.45) is 1.92. The van der Waals surface area contributed by atoms with Gasteiger partial charge in [0.15, 0.2) is 0 Å². The number of nitrogens with one attached hydrogen (secondary N) is 1. The highest BCUT2D eigenvalue weighted by molar-refractivity contribution is 6.76. The second-order valence-corrected chi connectivity index (χ2v) is 14.2. The molecule has 148 valence electrons. The van der Waals surface area contributed by atoms with Gasteiger partial charge >= 0.3 is 0 Å². The lowest BCUT2D eigenvalue weighted by Crippen LogP contribution is -2.34. The van der Waals surface area contributed by atoms with Gasteiger partial charge in [-0.2, -0.15) is 0 Å². The molecule has 1 fully saturated rings. The topological polar surface area (TPSA) is 74.3 Å². The number of ether oxygens (including phenoxy) is 2. The number of halogens is 1. The Morgan fingerprint density at radius 2 is 2.19 bits per heavy atom. The third-order valence-electron chi connectivity index (χ3n) is 4.57. The van der Waals surface area contributed by atoms with Crippen LogP contribution in [0.3, 0.4) is 0 Å². The number of aromatic nitrogens is 2. The van der Waals surface area contributed by atoms with Gasteiger partial charge in [0, 0.05) is 38.0 Å². The Morgan fingerprint density at radius 1 is 1.37 bits per heavy atom.